The zero-order valence-corrected chi connectivity index (χ0v) is 17.1. The average Bonchev–Trinajstić information content (AvgIpc) is 2.85. The van der Waals surface area contributed by atoms with Crippen LogP contribution in [0.5, 0.6) is 0 Å². The quantitative estimate of drug-likeness (QED) is 0.856. The molecule has 1 fully saturated rings. The van der Waals surface area contributed by atoms with Crippen LogP contribution in [0.15, 0.2) is 24.5 Å². The number of nitrogens with one attached hydrogen (secondary N) is 1. The van der Waals surface area contributed by atoms with Gasteiger partial charge in [0.25, 0.3) is 0 Å². The molecule has 3 rings (SSSR count). The van der Waals surface area contributed by atoms with E-state index in [4.69, 9.17) is 0 Å². The van der Waals surface area contributed by atoms with Crippen LogP contribution in [0.2, 0.25) is 0 Å². The number of halogens is 2. The molecule has 0 bridgehead atoms. The van der Waals surface area contributed by atoms with Crippen molar-refractivity contribution in [2.45, 2.75) is 32.7 Å². The number of aryl methyl sites for hydroxylation is 2. The van der Waals surface area contributed by atoms with Crippen LogP contribution in [0.4, 0.5) is 0 Å². The largest absolute Gasteiger partial charge is 0.333 e. The molecule has 0 saturated carbocycles. The Bertz CT molecular complexity index is 720. The third-order valence-corrected chi connectivity index (χ3v) is 4.88. The number of pyridine rings is 1. The molecule has 2 aromatic rings. The molecule has 1 amide bonds. The van der Waals surface area contributed by atoms with Gasteiger partial charge in [-0.2, -0.15) is 5.10 Å². The maximum absolute atomic E-state index is 12.8. The minimum absolute atomic E-state index is 0. The standard InChI is InChI=1S/C18H25N5O.2ClH/c1-13-16(14(2)22(3)21-13)6-7-18(24)23-10-9-20-12-17(23)15-5-4-8-19-11-15;;/h4-5,8,11,17,20H,6-7,9-10,12H2,1-3H3;2*1H. The Hall–Kier alpha value is -1.63. The first kappa shape index (κ1) is 22.4. The number of hydrogen-bond acceptors (Lipinski definition) is 4. The fourth-order valence-corrected chi connectivity index (χ4v) is 3.43. The zero-order chi connectivity index (χ0) is 17.1. The van der Waals surface area contributed by atoms with E-state index in [-0.39, 0.29) is 36.8 Å². The summed E-state index contributed by atoms with van der Waals surface area (Å²) >= 11 is 0. The van der Waals surface area contributed by atoms with Gasteiger partial charge in [0.2, 0.25) is 5.91 Å². The average molecular weight is 400 g/mol. The number of carbonyl (C=O) groups excluding carboxylic acids is 1. The van der Waals surface area contributed by atoms with Crippen molar-refractivity contribution in [2.24, 2.45) is 7.05 Å². The molecule has 1 aliphatic heterocycles. The van der Waals surface area contributed by atoms with Crippen molar-refractivity contribution < 1.29 is 4.79 Å². The van der Waals surface area contributed by atoms with E-state index in [1.807, 2.05) is 41.9 Å². The number of amides is 1. The van der Waals surface area contributed by atoms with Crippen LogP contribution in [-0.2, 0) is 18.3 Å². The van der Waals surface area contributed by atoms with E-state index in [1.54, 1.807) is 6.20 Å². The Labute approximate surface area is 167 Å². The summed E-state index contributed by atoms with van der Waals surface area (Å²) in [5.74, 6) is 0.202. The van der Waals surface area contributed by atoms with Crippen LogP contribution in [0.1, 0.15) is 35.0 Å². The molecule has 0 radical (unpaired) electrons. The zero-order valence-electron chi connectivity index (χ0n) is 15.4. The maximum atomic E-state index is 12.8. The van der Waals surface area contributed by atoms with E-state index in [0.717, 1.165) is 43.0 Å². The van der Waals surface area contributed by atoms with Crippen LogP contribution in [-0.4, -0.2) is 45.2 Å². The Kier molecular flexibility index (Phi) is 8.53. The number of nitrogens with zero attached hydrogens (tertiary/aromatic N) is 4. The van der Waals surface area contributed by atoms with Gasteiger partial charge in [0, 0.05) is 51.2 Å². The second-order valence-electron chi connectivity index (χ2n) is 6.37. The number of rotatable bonds is 4. The summed E-state index contributed by atoms with van der Waals surface area (Å²) in [4.78, 5) is 19.0. The van der Waals surface area contributed by atoms with E-state index in [1.165, 1.54) is 5.56 Å². The van der Waals surface area contributed by atoms with Gasteiger partial charge in [-0.05, 0) is 37.5 Å². The fourth-order valence-electron chi connectivity index (χ4n) is 3.43. The Morgan fingerprint density at radius 2 is 2.12 bits per heavy atom. The highest BCUT2D eigenvalue weighted by Crippen LogP contribution is 2.23. The van der Waals surface area contributed by atoms with E-state index >= 15 is 0 Å². The van der Waals surface area contributed by atoms with Gasteiger partial charge in [0.05, 0.1) is 11.7 Å². The predicted octanol–water partition coefficient (Wildman–Crippen LogP) is 2.38. The van der Waals surface area contributed by atoms with Crippen LogP contribution in [0.3, 0.4) is 0 Å². The second kappa shape index (κ2) is 9.90. The van der Waals surface area contributed by atoms with Gasteiger partial charge < -0.3 is 10.2 Å². The molecule has 0 aliphatic carbocycles. The normalized spacial score (nSPS) is 16.6. The van der Waals surface area contributed by atoms with Crippen molar-refractivity contribution in [1.29, 1.82) is 0 Å². The summed E-state index contributed by atoms with van der Waals surface area (Å²) in [5.41, 5.74) is 4.45. The molecule has 0 aromatic carbocycles. The maximum Gasteiger partial charge on any atom is 0.223 e. The fraction of sp³-hybridized carbons (Fsp3) is 0.500. The lowest BCUT2D eigenvalue weighted by molar-refractivity contribution is -0.134. The SMILES string of the molecule is Cc1nn(C)c(C)c1CCC(=O)N1CCNCC1c1cccnc1.Cl.Cl. The molecule has 1 atom stereocenters. The highest BCUT2D eigenvalue weighted by molar-refractivity contribution is 5.85. The monoisotopic (exact) mass is 399 g/mol. The predicted molar refractivity (Wildman–Crippen MR) is 107 cm³/mol. The molecule has 1 aliphatic rings. The minimum Gasteiger partial charge on any atom is -0.333 e. The van der Waals surface area contributed by atoms with Gasteiger partial charge in [-0.25, -0.2) is 0 Å². The van der Waals surface area contributed by atoms with Crippen LogP contribution in [0.25, 0.3) is 0 Å². The van der Waals surface area contributed by atoms with Crippen molar-refractivity contribution in [3.63, 3.8) is 0 Å². The van der Waals surface area contributed by atoms with Crippen LogP contribution in [0, 0.1) is 13.8 Å². The van der Waals surface area contributed by atoms with Crippen molar-refractivity contribution in [3.8, 4) is 0 Å². The summed E-state index contributed by atoms with van der Waals surface area (Å²) in [5, 5.41) is 7.82. The van der Waals surface area contributed by atoms with Gasteiger partial charge in [0.15, 0.2) is 0 Å². The van der Waals surface area contributed by atoms with Gasteiger partial charge in [0.1, 0.15) is 0 Å². The molecule has 2 aromatic heterocycles. The third kappa shape index (κ3) is 4.75. The lowest BCUT2D eigenvalue weighted by Crippen LogP contribution is -2.48. The van der Waals surface area contributed by atoms with Gasteiger partial charge in [-0.1, -0.05) is 6.07 Å². The van der Waals surface area contributed by atoms with E-state index in [2.05, 4.69) is 22.3 Å². The molecule has 3 heterocycles. The first-order valence-electron chi connectivity index (χ1n) is 8.47. The minimum atomic E-state index is 0. The molecular weight excluding hydrogens is 373 g/mol. The molecule has 1 N–H and O–H groups in total. The summed E-state index contributed by atoms with van der Waals surface area (Å²) in [7, 11) is 1.95. The van der Waals surface area contributed by atoms with Crippen molar-refractivity contribution in [1.82, 2.24) is 25.0 Å². The number of hydrogen-bond donors (Lipinski definition) is 1. The second-order valence-corrected chi connectivity index (χ2v) is 6.37. The number of piperazine rings is 1. The Morgan fingerprint density at radius 1 is 1.35 bits per heavy atom. The first-order chi connectivity index (χ1) is 11.6. The molecule has 26 heavy (non-hydrogen) atoms. The van der Waals surface area contributed by atoms with Crippen molar-refractivity contribution in [3.05, 3.63) is 47.0 Å². The van der Waals surface area contributed by atoms with E-state index < -0.39 is 0 Å². The summed E-state index contributed by atoms with van der Waals surface area (Å²) in [6.07, 6.45) is 4.88. The Morgan fingerprint density at radius 3 is 2.73 bits per heavy atom. The molecule has 0 spiro atoms. The smallest absolute Gasteiger partial charge is 0.223 e. The number of carbonyl (C=O) groups is 1. The van der Waals surface area contributed by atoms with Gasteiger partial charge in [-0.3, -0.25) is 14.5 Å². The van der Waals surface area contributed by atoms with Gasteiger partial charge in [-0.15, -0.1) is 24.8 Å². The van der Waals surface area contributed by atoms with Crippen molar-refractivity contribution in [2.75, 3.05) is 19.6 Å². The molecular formula is C18H27Cl2N5O. The van der Waals surface area contributed by atoms with Crippen LogP contribution >= 0.6 is 24.8 Å². The third-order valence-electron chi connectivity index (χ3n) is 4.88. The van der Waals surface area contributed by atoms with Gasteiger partial charge >= 0.3 is 0 Å². The van der Waals surface area contributed by atoms with E-state index in [0.29, 0.717) is 6.42 Å². The van der Waals surface area contributed by atoms with Crippen LogP contribution < -0.4 is 5.32 Å². The summed E-state index contributed by atoms with van der Waals surface area (Å²) < 4.78 is 1.89. The summed E-state index contributed by atoms with van der Waals surface area (Å²) in [6.45, 7) is 6.43. The highest BCUT2D eigenvalue weighted by Gasteiger charge is 2.28. The first-order valence-corrected chi connectivity index (χ1v) is 8.47. The summed E-state index contributed by atoms with van der Waals surface area (Å²) in [6, 6.07) is 4.03. The molecule has 1 saturated heterocycles. The Balaban J connectivity index is 0.00000169. The number of aromatic nitrogens is 3. The van der Waals surface area contributed by atoms with Crippen molar-refractivity contribution >= 4 is 30.7 Å². The molecule has 1 unspecified atom stereocenters. The lowest BCUT2D eigenvalue weighted by Gasteiger charge is -2.36. The molecule has 6 nitrogen and oxygen atoms in total. The molecule has 144 valence electrons. The highest BCUT2D eigenvalue weighted by atomic mass is 35.5. The van der Waals surface area contributed by atoms with E-state index in [9.17, 15) is 4.79 Å². The molecule has 8 heteroatoms. The lowest BCUT2D eigenvalue weighted by atomic mass is 10.0. The topological polar surface area (TPSA) is 63.1 Å².